The molecule has 0 fully saturated rings. The molecule has 0 saturated heterocycles. The summed E-state index contributed by atoms with van der Waals surface area (Å²) >= 11 is 0. The molecular formula is C25H32N4O6. The topological polar surface area (TPSA) is 121 Å². The number of urea groups is 1. The molecule has 0 aromatic heterocycles. The van der Waals surface area contributed by atoms with Gasteiger partial charge in [0.05, 0.1) is 19.1 Å². The van der Waals surface area contributed by atoms with Crippen molar-refractivity contribution < 1.29 is 28.9 Å². The Labute approximate surface area is 204 Å². The second-order valence-corrected chi connectivity index (χ2v) is 8.92. The van der Waals surface area contributed by atoms with Crippen molar-refractivity contribution in [3.8, 4) is 17.2 Å². The first-order valence-electron chi connectivity index (χ1n) is 11.7. The third-order valence-corrected chi connectivity index (χ3v) is 6.21. The summed E-state index contributed by atoms with van der Waals surface area (Å²) in [4.78, 5) is 27.5. The van der Waals surface area contributed by atoms with Crippen molar-refractivity contribution >= 4 is 23.3 Å². The molecule has 0 spiro atoms. The van der Waals surface area contributed by atoms with Gasteiger partial charge in [-0.1, -0.05) is 6.92 Å². The van der Waals surface area contributed by atoms with Gasteiger partial charge in [0.25, 0.3) is 0 Å². The number of ether oxygens (including phenoxy) is 3. The Kier molecular flexibility index (Phi) is 7.62. The molecule has 0 aliphatic carbocycles. The van der Waals surface area contributed by atoms with Crippen molar-refractivity contribution in [3.63, 3.8) is 0 Å². The van der Waals surface area contributed by atoms with Crippen LogP contribution in [0.5, 0.6) is 17.2 Å². The lowest BCUT2D eigenvalue weighted by atomic mass is 10.0. The number of nitrogens with one attached hydrogen (secondary N) is 3. The molecule has 3 atom stereocenters. The van der Waals surface area contributed by atoms with Crippen molar-refractivity contribution in [2.24, 2.45) is 5.92 Å². The number of amides is 3. The van der Waals surface area contributed by atoms with Crippen molar-refractivity contribution in [1.29, 1.82) is 0 Å². The zero-order valence-electron chi connectivity index (χ0n) is 20.2. The summed E-state index contributed by atoms with van der Waals surface area (Å²) in [5.41, 5.74) is 1.75. The lowest BCUT2D eigenvalue weighted by molar-refractivity contribution is -0.134. The Bertz CT molecular complexity index is 1080. The van der Waals surface area contributed by atoms with E-state index in [1.54, 1.807) is 41.3 Å². The lowest BCUT2D eigenvalue weighted by Gasteiger charge is -2.32. The predicted molar refractivity (Wildman–Crippen MR) is 131 cm³/mol. The van der Waals surface area contributed by atoms with E-state index in [-0.39, 0.29) is 43.8 Å². The molecule has 188 valence electrons. The van der Waals surface area contributed by atoms with Gasteiger partial charge >= 0.3 is 6.03 Å². The van der Waals surface area contributed by atoms with Gasteiger partial charge in [-0.05, 0) is 44.3 Å². The largest absolute Gasteiger partial charge is 0.488 e. The molecule has 4 rings (SSSR count). The standard InChI is InChI=1S/C25H32N4O6/c1-15-12-29(16(2)13-30)24(31)9-17-8-18(4-6-20(17)35-23(15)11-26-3)27-25(32)28-19-5-7-21-22(10-19)34-14-33-21/h4-8,10,15-16,23,26,30H,9,11-14H2,1-3H3,(H2,27,28,32)/t15-,16+,23-/m0/s1. The van der Waals surface area contributed by atoms with Gasteiger partial charge in [-0.3, -0.25) is 4.79 Å². The van der Waals surface area contributed by atoms with Crippen LogP contribution in [0, 0.1) is 5.92 Å². The van der Waals surface area contributed by atoms with Crippen LogP contribution in [0.1, 0.15) is 19.4 Å². The van der Waals surface area contributed by atoms with Crippen molar-refractivity contribution in [2.45, 2.75) is 32.4 Å². The number of nitrogens with zero attached hydrogens (tertiary/aromatic N) is 1. The highest BCUT2D eigenvalue weighted by atomic mass is 16.7. The number of hydrogen-bond acceptors (Lipinski definition) is 7. The van der Waals surface area contributed by atoms with Crippen LogP contribution in [0.3, 0.4) is 0 Å². The number of aliphatic hydroxyl groups is 1. The van der Waals surface area contributed by atoms with Gasteiger partial charge in [-0.25, -0.2) is 4.79 Å². The smallest absolute Gasteiger partial charge is 0.323 e. The van der Waals surface area contributed by atoms with E-state index in [2.05, 4.69) is 16.0 Å². The zero-order valence-corrected chi connectivity index (χ0v) is 20.2. The van der Waals surface area contributed by atoms with E-state index in [0.29, 0.717) is 47.3 Å². The van der Waals surface area contributed by atoms with Crippen LogP contribution >= 0.6 is 0 Å². The number of carbonyl (C=O) groups excluding carboxylic acids is 2. The van der Waals surface area contributed by atoms with Crippen molar-refractivity contribution in [1.82, 2.24) is 10.2 Å². The maximum atomic E-state index is 13.2. The highest BCUT2D eigenvalue weighted by Gasteiger charge is 2.30. The van der Waals surface area contributed by atoms with Crippen LogP contribution in [-0.2, 0) is 11.2 Å². The molecule has 10 nitrogen and oxygen atoms in total. The second-order valence-electron chi connectivity index (χ2n) is 8.92. The number of aliphatic hydroxyl groups excluding tert-OH is 1. The fourth-order valence-electron chi connectivity index (χ4n) is 4.22. The highest BCUT2D eigenvalue weighted by Crippen LogP contribution is 2.34. The molecule has 2 aliphatic heterocycles. The Morgan fingerprint density at radius 1 is 1.11 bits per heavy atom. The number of hydrogen-bond donors (Lipinski definition) is 4. The average Bonchev–Trinajstić information content (AvgIpc) is 3.31. The maximum absolute atomic E-state index is 13.2. The molecule has 0 saturated carbocycles. The normalized spacial score (nSPS) is 20.1. The van der Waals surface area contributed by atoms with Crippen LogP contribution in [0.25, 0.3) is 0 Å². The number of likely N-dealkylation sites (N-methyl/N-ethyl adjacent to an activating group) is 1. The van der Waals surface area contributed by atoms with Crippen molar-refractivity contribution in [2.75, 3.05) is 44.2 Å². The Morgan fingerprint density at radius 2 is 1.80 bits per heavy atom. The summed E-state index contributed by atoms with van der Waals surface area (Å²) in [5.74, 6) is 1.74. The second kappa shape index (κ2) is 10.8. The van der Waals surface area contributed by atoms with Crippen LogP contribution in [0.2, 0.25) is 0 Å². The first-order valence-corrected chi connectivity index (χ1v) is 11.7. The molecule has 0 unspecified atom stereocenters. The summed E-state index contributed by atoms with van der Waals surface area (Å²) in [6.07, 6.45) is -0.0796. The molecule has 0 radical (unpaired) electrons. The van der Waals surface area contributed by atoms with E-state index in [4.69, 9.17) is 14.2 Å². The Balaban J connectivity index is 1.53. The number of rotatable bonds is 6. The Hall–Kier alpha value is -3.50. The van der Waals surface area contributed by atoms with E-state index in [1.807, 2.05) is 20.9 Å². The monoisotopic (exact) mass is 484 g/mol. The predicted octanol–water partition coefficient (Wildman–Crippen LogP) is 2.43. The minimum atomic E-state index is -0.434. The van der Waals surface area contributed by atoms with Crippen LogP contribution in [-0.4, -0.2) is 67.6 Å². The molecule has 2 aromatic rings. The minimum Gasteiger partial charge on any atom is -0.488 e. The SMILES string of the molecule is CNC[C@@H]1Oc2ccc(NC(=O)Nc3ccc4c(c3)OCO4)cc2CC(=O)N([C@H](C)CO)C[C@@H]1C. The maximum Gasteiger partial charge on any atom is 0.323 e. The zero-order chi connectivity index (χ0) is 24.9. The Morgan fingerprint density at radius 3 is 2.51 bits per heavy atom. The van der Waals surface area contributed by atoms with E-state index in [1.165, 1.54) is 0 Å². The number of benzene rings is 2. The van der Waals surface area contributed by atoms with Gasteiger partial charge in [0.15, 0.2) is 11.5 Å². The minimum absolute atomic E-state index is 0.0385. The average molecular weight is 485 g/mol. The van der Waals surface area contributed by atoms with E-state index in [9.17, 15) is 14.7 Å². The molecule has 3 amide bonds. The molecule has 35 heavy (non-hydrogen) atoms. The fraction of sp³-hybridized carbons (Fsp3) is 0.440. The first-order chi connectivity index (χ1) is 16.9. The van der Waals surface area contributed by atoms with Crippen molar-refractivity contribution in [3.05, 3.63) is 42.0 Å². The van der Waals surface area contributed by atoms with Gasteiger partial charge in [0.2, 0.25) is 12.7 Å². The molecule has 10 heteroatoms. The van der Waals surface area contributed by atoms with Crippen LogP contribution < -0.4 is 30.2 Å². The van der Waals surface area contributed by atoms with E-state index < -0.39 is 6.03 Å². The summed E-state index contributed by atoms with van der Waals surface area (Å²) < 4.78 is 17.0. The van der Waals surface area contributed by atoms with Gasteiger partial charge < -0.3 is 40.2 Å². The summed E-state index contributed by atoms with van der Waals surface area (Å²) in [7, 11) is 1.86. The number of anilines is 2. The summed E-state index contributed by atoms with van der Waals surface area (Å²) in [6.45, 7) is 4.98. The first kappa shape index (κ1) is 24.6. The van der Waals surface area contributed by atoms with Crippen LogP contribution in [0.4, 0.5) is 16.2 Å². The van der Waals surface area contributed by atoms with Gasteiger partial charge in [0, 0.05) is 42.0 Å². The number of carbonyl (C=O) groups is 2. The third-order valence-electron chi connectivity index (χ3n) is 6.21. The molecule has 2 aromatic carbocycles. The summed E-state index contributed by atoms with van der Waals surface area (Å²) in [6, 6.07) is 9.68. The van der Waals surface area contributed by atoms with Gasteiger partial charge in [-0.2, -0.15) is 0 Å². The van der Waals surface area contributed by atoms with E-state index in [0.717, 1.165) is 0 Å². The van der Waals surface area contributed by atoms with Gasteiger partial charge in [-0.15, -0.1) is 0 Å². The lowest BCUT2D eigenvalue weighted by Crippen LogP contribution is -2.47. The molecule has 4 N–H and O–H groups in total. The summed E-state index contributed by atoms with van der Waals surface area (Å²) in [5, 5.41) is 18.4. The molecule has 2 aliphatic rings. The molecule has 0 bridgehead atoms. The molecule has 2 heterocycles. The van der Waals surface area contributed by atoms with Gasteiger partial charge in [0.1, 0.15) is 11.9 Å². The van der Waals surface area contributed by atoms with E-state index >= 15 is 0 Å². The fourth-order valence-corrected chi connectivity index (χ4v) is 4.22. The third kappa shape index (κ3) is 5.77. The quantitative estimate of drug-likeness (QED) is 0.497. The number of fused-ring (bicyclic) bond motifs is 2. The van der Waals surface area contributed by atoms with Crippen LogP contribution in [0.15, 0.2) is 36.4 Å². The highest BCUT2D eigenvalue weighted by molar-refractivity contribution is 6.00. The molecular weight excluding hydrogens is 452 g/mol.